The Morgan fingerprint density at radius 2 is 1.41 bits per heavy atom. The van der Waals surface area contributed by atoms with Crippen LogP contribution in [-0.2, 0) is 9.47 Å². The molecule has 0 radical (unpaired) electrons. The first-order valence-electron chi connectivity index (χ1n) is 13.0. The lowest BCUT2D eigenvalue weighted by Crippen LogP contribution is -2.42. The van der Waals surface area contributed by atoms with Gasteiger partial charge in [-0.25, -0.2) is 0 Å². The van der Waals surface area contributed by atoms with Crippen LogP contribution in [0.5, 0.6) is 0 Å². The Morgan fingerprint density at radius 3 is 1.79 bits per heavy atom. The lowest BCUT2D eigenvalue weighted by molar-refractivity contribution is 0.00310. The van der Waals surface area contributed by atoms with Gasteiger partial charge >= 0.3 is 0 Å². The summed E-state index contributed by atoms with van der Waals surface area (Å²) in [6.45, 7) is 28.2. The summed E-state index contributed by atoms with van der Waals surface area (Å²) >= 11 is 0. The highest BCUT2D eigenvalue weighted by Gasteiger charge is 2.49. The zero-order valence-electron chi connectivity index (χ0n) is 24.5. The molecule has 0 saturated heterocycles. The van der Waals surface area contributed by atoms with Gasteiger partial charge in [-0.1, -0.05) is 109 Å². The highest BCUT2D eigenvalue weighted by atomic mass is 31.1. The highest BCUT2D eigenvalue weighted by molar-refractivity contribution is 7.65. The van der Waals surface area contributed by atoms with Crippen LogP contribution >= 0.6 is 7.92 Å². The number of rotatable bonds is 7. The lowest BCUT2D eigenvalue weighted by atomic mass is 9.72. The molecule has 0 N–H and O–H groups in total. The first-order chi connectivity index (χ1) is 15.5. The Balaban J connectivity index is 3.17. The molecule has 0 aromatic heterocycles. The Labute approximate surface area is 212 Å². The van der Waals surface area contributed by atoms with E-state index in [9.17, 15) is 0 Å². The number of benzene rings is 1. The lowest BCUT2D eigenvalue weighted by Gasteiger charge is -2.49. The second-order valence-electron chi connectivity index (χ2n) is 12.8. The van der Waals surface area contributed by atoms with Crippen molar-refractivity contribution in [3.8, 4) is 0 Å². The predicted octanol–water partition coefficient (Wildman–Crippen LogP) is 9.70. The Kier molecular flexibility index (Phi) is 8.97. The zero-order chi connectivity index (χ0) is 26.2. The summed E-state index contributed by atoms with van der Waals surface area (Å²) < 4.78 is 12.7. The van der Waals surface area contributed by atoms with Gasteiger partial charge in [0.15, 0.2) is 0 Å². The van der Waals surface area contributed by atoms with Gasteiger partial charge in [-0.05, 0) is 50.8 Å². The summed E-state index contributed by atoms with van der Waals surface area (Å²) in [5, 5.41) is 1.60. The van der Waals surface area contributed by atoms with E-state index in [-0.39, 0.29) is 10.3 Å². The molecule has 0 spiro atoms. The fourth-order valence-corrected chi connectivity index (χ4v) is 10.1. The van der Waals surface area contributed by atoms with Crippen LogP contribution in [0.4, 0.5) is 0 Å². The van der Waals surface area contributed by atoms with Crippen LogP contribution in [-0.4, -0.2) is 30.1 Å². The van der Waals surface area contributed by atoms with E-state index in [1.165, 1.54) is 27.6 Å². The topological polar surface area (TPSA) is 18.5 Å². The van der Waals surface area contributed by atoms with Crippen LogP contribution in [0, 0.1) is 5.92 Å². The maximum Gasteiger partial charge on any atom is 0.123 e. The monoisotopic (exact) mass is 486 g/mol. The van der Waals surface area contributed by atoms with E-state index in [1.807, 2.05) is 14.2 Å². The van der Waals surface area contributed by atoms with Crippen molar-refractivity contribution >= 4 is 13.5 Å². The van der Waals surface area contributed by atoms with Gasteiger partial charge in [0.05, 0.1) is 12.7 Å². The van der Waals surface area contributed by atoms with Gasteiger partial charge in [0.1, 0.15) is 5.76 Å². The molecule has 2 rings (SSSR count). The largest absolute Gasteiger partial charge is 0.496 e. The molecule has 0 fully saturated rings. The van der Waals surface area contributed by atoms with Gasteiger partial charge in [-0.2, -0.15) is 0 Å². The average Bonchev–Trinajstić information content (AvgIpc) is 2.70. The molecule has 0 heterocycles. The van der Waals surface area contributed by atoms with Gasteiger partial charge in [0.2, 0.25) is 0 Å². The molecular weight excluding hydrogens is 435 g/mol. The van der Waals surface area contributed by atoms with Crippen molar-refractivity contribution in [2.75, 3.05) is 14.2 Å². The molecule has 1 aromatic carbocycles. The molecule has 0 amide bonds. The third-order valence-electron chi connectivity index (χ3n) is 7.20. The molecule has 1 atom stereocenters. The summed E-state index contributed by atoms with van der Waals surface area (Å²) in [6.07, 6.45) is 3.12. The van der Waals surface area contributed by atoms with E-state index in [0.29, 0.717) is 17.8 Å². The maximum absolute atomic E-state index is 6.57. The Hall–Kier alpha value is -1.11. The Morgan fingerprint density at radius 1 is 0.853 bits per heavy atom. The van der Waals surface area contributed by atoms with Crippen LogP contribution in [0.1, 0.15) is 118 Å². The van der Waals surface area contributed by atoms with Gasteiger partial charge in [0, 0.05) is 24.4 Å². The van der Waals surface area contributed by atoms with Crippen molar-refractivity contribution in [2.45, 2.75) is 117 Å². The summed E-state index contributed by atoms with van der Waals surface area (Å²) in [7, 11) is 3.13. The molecule has 1 aliphatic rings. The first-order valence-corrected chi connectivity index (χ1v) is 14.4. The minimum atomic E-state index is -0.603. The molecule has 1 aromatic rings. The molecule has 1 unspecified atom stereocenters. The molecule has 192 valence electrons. The summed E-state index contributed by atoms with van der Waals surface area (Å²) in [5.74, 6) is 2.27. The van der Waals surface area contributed by atoms with Gasteiger partial charge in [0.25, 0.3) is 0 Å². The molecular formula is C31H51O2P. The zero-order valence-corrected chi connectivity index (χ0v) is 25.4. The van der Waals surface area contributed by atoms with Gasteiger partial charge in [-0.3, -0.25) is 0 Å². The molecule has 0 bridgehead atoms. The Bertz CT molecular complexity index is 908. The molecule has 1 aliphatic carbocycles. The van der Waals surface area contributed by atoms with E-state index in [4.69, 9.17) is 9.47 Å². The standard InChI is InChI=1S/C31H51O2P/c1-20(2)23-15-16-24(25(19-23)21(3)4)27-28(34(29(7,8)9)30(10,11)12)26(32-13)17-18-31(27,33-14)22(5)6/h15-17,19-22H,18H2,1-14H3. The van der Waals surface area contributed by atoms with Crippen LogP contribution < -0.4 is 0 Å². The third-order valence-corrected chi connectivity index (χ3v) is 10.8. The molecule has 0 saturated carbocycles. The van der Waals surface area contributed by atoms with Crippen LogP contribution in [0.2, 0.25) is 0 Å². The molecule has 3 heteroatoms. The van der Waals surface area contributed by atoms with Crippen molar-refractivity contribution in [3.05, 3.63) is 52.0 Å². The number of hydrogen-bond acceptors (Lipinski definition) is 2. The smallest absolute Gasteiger partial charge is 0.123 e. The maximum atomic E-state index is 6.57. The summed E-state index contributed by atoms with van der Waals surface area (Å²) in [5.41, 5.74) is 5.12. The van der Waals surface area contributed by atoms with E-state index in [0.717, 1.165) is 12.2 Å². The van der Waals surface area contributed by atoms with Crippen LogP contribution in [0.3, 0.4) is 0 Å². The van der Waals surface area contributed by atoms with E-state index < -0.39 is 13.5 Å². The summed E-state index contributed by atoms with van der Waals surface area (Å²) in [4.78, 5) is 0. The normalized spacial score (nSPS) is 20.1. The van der Waals surface area contributed by atoms with E-state index in [2.05, 4.69) is 107 Å². The first kappa shape index (κ1) is 29.1. The quantitative estimate of drug-likeness (QED) is 0.357. The van der Waals surface area contributed by atoms with Crippen LogP contribution in [0.15, 0.2) is 35.3 Å². The fraction of sp³-hybridized carbons (Fsp3) is 0.677. The highest BCUT2D eigenvalue weighted by Crippen LogP contribution is 2.70. The van der Waals surface area contributed by atoms with Crippen molar-refractivity contribution in [1.29, 1.82) is 0 Å². The van der Waals surface area contributed by atoms with Crippen molar-refractivity contribution < 1.29 is 9.47 Å². The van der Waals surface area contributed by atoms with E-state index >= 15 is 0 Å². The fourth-order valence-electron chi connectivity index (χ4n) is 5.79. The number of allylic oxidation sites excluding steroid dienone is 1. The second kappa shape index (κ2) is 10.5. The van der Waals surface area contributed by atoms with Crippen molar-refractivity contribution in [2.24, 2.45) is 5.92 Å². The SMILES string of the molecule is COC1=CCC(OC)(C(C)C)C(c2ccc(C(C)C)cc2C(C)C)=C1P(C(C)(C)C)C(C)(C)C. The van der Waals surface area contributed by atoms with E-state index in [1.54, 1.807) is 0 Å². The van der Waals surface area contributed by atoms with Crippen LogP contribution in [0.25, 0.3) is 5.57 Å². The van der Waals surface area contributed by atoms with Gasteiger partial charge in [-0.15, -0.1) is 0 Å². The minimum Gasteiger partial charge on any atom is -0.496 e. The number of ether oxygens (including phenoxy) is 2. The molecule has 34 heavy (non-hydrogen) atoms. The third kappa shape index (κ3) is 5.49. The summed E-state index contributed by atoms with van der Waals surface area (Å²) in [6, 6.07) is 7.16. The molecule has 0 aliphatic heterocycles. The van der Waals surface area contributed by atoms with Crippen molar-refractivity contribution in [3.63, 3.8) is 0 Å². The van der Waals surface area contributed by atoms with Gasteiger partial charge < -0.3 is 9.47 Å². The molecule has 2 nitrogen and oxygen atoms in total. The number of hydrogen-bond donors (Lipinski definition) is 0. The average molecular weight is 487 g/mol. The second-order valence-corrected chi connectivity index (χ2v) is 16.6. The van der Waals surface area contributed by atoms with Crippen molar-refractivity contribution in [1.82, 2.24) is 0 Å². The minimum absolute atomic E-state index is 0.107. The predicted molar refractivity (Wildman–Crippen MR) is 152 cm³/mol. The number of methoxy groups -OCH3 is 2.